The lowest BCUT2D eigenvalue weighted by atomic mass is 9.98. The summed E-state index contributed by atoms with van der Waals surface area (Å²) in [5.74, 6) is 0. The number of benzene rings is 4. The lowest BCUT2D eigenvalue weighted by Gasteiger charge is -2.12. The van der Waals surface area contributed by atoms with Gasteiger partial charge in [-0.05, 0) is 123 Å². The summed E-state index contributed by atoms with van der Waals surface area (Å²) >= 11 is 0. The highest BCUT2D eigenvalue weighted by atomic mass is 31.1. The standard InChI is InChI=1S/C52H67N4O3P/c57-60(58-39-19-35-53-41-47-33-31-45(49-29-17-37-55-51(47)49)27-15-5-1-3-9-21-43-23-11-7-12-24-43)59-40-20-36-54-42-48-34-32-46(50-30-18-38-56-52(48)50)28-16-6-2-4-10-22-44-25-13-8-14-26-44/h7-8,11-14,17-18,23-26,29-34,37-38,53-54,60H,1-6,9-10,15-16,19-22,27-28,35-36,39-42H2. The first kappa shape index (κ1) is 45.3. The summed E-state index contributed by atoms with van der Waals surface area (Å²) in [7, 11) is -2.51. The first-order valence-corrected chi connectivity index (χ1v) is 24.0. The maximum atomic E-state index is 12.4. The van der Waals surface area contributed by atoms with E-state index >= 15 is 0 Å². The first-order valence-electron chi connectivity index (χ1n) is 22.7. The molecule has 0 fully saturated rings. The van der Waals surface area contributed by atoms with E-state index < -0.39 is 8.25 Å². The Morgan fingerprint density at radius 1 is 0.417 bits per heavy atom. The van der Waals surface area contributed by atoms with E-state index in [9.17, 15) is 4.57 Å². The molecule has 0 aliphatic carbocycles. The molecule has 0 spiro atoms. The van der Waals surface area contributed by atoms with Crippen LogP contribution in [0.3, 0.4) is 0 Å². The van der Waals surface area contributed by atoms with Crippen molar-refractivity contribution in [2.75, 3.05) is 26.3 Å². The summed E-state index contributed by atoms with van der Waals surface area (Å²) in [5, 5.41) is 9.57. The topological polar surface area (TPSA) is 85.4 Å². The van der Waals surface area contributed by atoms with E-state index in [4.69, 9.17) is 19.0 Å². The SMILES string of the molecule is O=[PH](OCCCNCc1ccc(CCCCCCCc2ccccc2)c2cccnc12)OCCCNCc1ccc(CCCCCCCc2ccccc2)c2cccnc12. The van der Waals surface area contributed by atoms with Crippen LogP contribution in [-0.2, 0) is 52.4 Å². The predicted molar refractivity (Wildman–Crippen MR) is 251 cm³/mol. The Morgan fingerprint density at radius 3 is 1.27 bits per heavy atom. The van der Waals surface area contributed by atoms with Crippen LogP contribution < -0.4 is 10.6 Å². The van der Waals surface area contributed by atoms with Crippen molar-refractivity contribution in [3.63, 3.8) is 0 Å². The smallest absolute Gasteiger partial charge is 0.313 e. The Bertz CT molecular complexity index is 1980. The van der Waals surface area contributed by atoms with E-state index in [1.807, 2.05) is 24.5 Å². The first-order chi connectivity index (χ1) is 29.7. The van der Waals surface area contributed by atoms with Gasteiger partial charge in [-0.15, -0.1) is 0 Å². The molecule has 0 bridgehead atoms. The molecule has 6 rings (SSSR count). The van der Waals surface area contributed by atoms with Crippen molar-refractivity contribution in [2.24, 2.45) is 0 Å². The van der Waals surface area contributed by atoms with Gasteiger partial charge in [0.25, 0.3) is 0 Å². The minimum atomic E-state index is -2.51. The van der Waals surface area contributed by atoms with E-state index in [2.05, 4.69) is 108 Å². The van der Waals surface area contributed by atoms with Gasteiger partial charge in [-0.1, -0.05) is 136 Å². The van der Waals surface area contributed by atoms with E-state index in [1.165, 1.54) is 121 Å². The highest BCUT2D eigenvalue weighted by Crippen LogP contribution is 2.26. The Balaban J connectivity index is 0.787. The van der Waals surface area contributed by atoms with Crippen molar-refractivity contribution in [3.05, 3.63) is 155 Å². The van der Waals surface area contributed by atoms with Gasteiger partial charge in [-0.2, -0.15) is 0 Å². The average Bonchev–Trinajstić information content (AvgIpc) is 3.29. The number of rotatable bonds is 30. The molecule has 0 saturated carbocycles. The van der Waals surface area contributed by atoms with Crippen molar-refractivity contribution in [1.29, 1.82) is 0 Å². The summed E-state index contributed by atoms with van der Waals surface area (Å²) in [6, 6.07) is 39.1. The van der Waals surface area contributed by atoms with Gasteiger partial charge < -0.3 is 19.7 Å². The molecule has 2 heterocycles. The number of unbranched alkanes of at least 4 members (excludes halogenated alkanes) is 8. The number of hydrogen-bond acceptors (Lipinski definition) is 7. The molecule has 318 valence electrons. The van der Waals surface area contributed by atoms with Crippen molar-refractivity contribution in [2.45, 2.75) is 116 Å². The van der Waals surface area contributed by atoms with Crippen LogP contribution in [0.1, 0.15) is 110 Å². The average molecular weight is 827 g/mol. The molecule has 0 amide bonds. The Kier molecular flexibility index (Phi) is 20.3. The van der Waals surface area contributed by atoms with Crippen LogP contribution in [-0.4, -0.2) is 36.3 Å². The number of aryl methyl sites for hydroxylation is 4. The van der Waals surface area contributed by atoms with Crippen LogP contribution in [0.2, 0.25) is 0 Å². The molecule has 6 aromatic rings. The normalized spacial score (nSPS) is 11.6. The molecule has 4 aromatic carbocycles. The zero-order chi connectivity index (χ0) is 41.3. The Hall–Kier alpha value is -4.23. The second kappa shape index (κ2) is 26.9. The quantitative estimate of drug-likeness (QED) is 0.0345. The van der Waals surface area contributed by atoms with Gasteiger partial charge in [-0.3, -0.25) is 14.5 Å². The van der Waals surface area contributed by atoms with E-state index in [1.54, 1.807) is 0 Å². The number of nitrogens with zero attached hydrogens (tertiary/aromatic N) is 2. The fourth-order valence-corrected chi connectivity index (χ4v) is 8.84. The minimum absolute atomic E-state index is 0.401. The third-order valence-corrected chi connectivity index (χ3v) is 12.3. The maximum Gasteiger partial charge on any atom is 0.319 e. The predicted octanol–water partition coefficient (Wildman–Crippen LogP) is 12.3. The van der Waals surface area contributed by atoms with E-state index in [0.717, 1.165) is 62.9 Å². The van der Waals surface area contributed by atoms with Crippen molar-refractivity contribution in [1.82, 2.24) is 20.6 Å². The highest BCUT2D eigenvalue weighted by Gasteiger charge is 2.10. The van der Waals surface area contributed by atoms with Gasteiger partial charge in [0.15, 0.2) is 0 Å². The lowest BCUT2D eigenvalue weighted by molar-refractivity contribution is 0.220. The third kappa shape index (κ3) is 15.7. The summed E-state index contributed by atoms with van der Waals surface area (Å²) in [6.45, 7) is 3.80. The largest absolute Gasteiger partial charge is 0.319 e. The Labute approximate surface area is 360 Å². The fourth-order valence-electron chi connectivity index (χ4n) is 8.13. The molecule has 0 aliphatic rings. The number of pyridine rings is 2. The molecule has 2 aromatic heterocycles. The summed E-state index contributed by atoms with van der Waals surface area (Å²) < 4.78 is 23.4. The van der Waals surface area contributed by atoms with Gasteiger partial charge in [0.2, 0.25) is 0 Å². The Morgan fingerprint density at radius 2 is 0.817 bits per heavy atom. The van der Waals surface area contributed by atoms with Gasteiger partial charge in [0.05, 0.1) is 24.2 Å². The minimum Gasteiger partial charge on any atom is -0.313 e. The van der Waals surface area contributed by atoms with Crippen LogP contribution in [0.5, 0.6) is 0 Å². The van der Waals surface area contributed by atoms with Gasteiger partial charge in [0, 0.05) is 36.3 Å². The molecule has 8 heteroatoms. The zero-order valence-corrected chi connectivity index (χ0v) is 36.7. The number of fused-ring (bicyclic) bond motifs is 2. The molecular weight excluding hydrogens is 760 g/mol. The molecule has 0 atom stereocenters. The number of aromatic nitrogens is 2. The summed E-state index contributed by atoms with van der Waals surface area (Å²) in [5.41, 5.74) is 10.2. The molecule has 7 nitrogen and oxygen atoms in total. The molecule has 60 heavy (non-hydrogen) atoms. The summed E-state index contributed by atoms with van der Waals surface area (Å²) in [6.07, 6.45) is 22.5. The highest BCUT2D eigenvalue weighted by molar-refractivity contribution is 7.33. The van der Waals surface area contributed by atoms with Crippen LogP contribution in [0.4, 0.5) is 0 Å². The van der Waals surface area contributed by atoms with Crippen molar-refractivity contribution < 1.29 is 13.6 Å². The molecule has 2 N–H and O–H groups in total. The maximum absolute atomic E-state index is 12.4. The van der Waals surface area contributed by atoms with Crippen LogP contribution in [0, 0.1) is 0 Å². The second-order valence-corrected chi connectivity index (χ2v) is 17.2. The van der Waals surface area contributed by atoms with Gasteiger partial charge >= 0.3 is 8.25 Å². The van der Waals surface area contributed by atoms with Crippen LogP contribution in [0.15, 0.2) is 122 Å². The zero-order valence-electron chi connectivity index (χ0n) is 35.7. The van der Waals surface area contributed by atoms with Crippen LogP contribution in [0.25, 0.3) is 21.8 Å². The van der Waals surface area contributed by atoms with Crippen molar-refractivity contribution >= 4 is 30.1 Å². The molecule has 0 unspecified atom stereocenters. The van der Waals surface area contributed by atoms with Gasteiger partial charge in [0.1, 0.15) is 0 Å². The lowest BCUT2D eigenvalue weighted by Crippen LogP contribution is -2.17. The fraction of sp³-hybridized carbons (Fsp3) is 0.423. The second-order valence-electron chi connectivity index (χ2n) is 16.1. The number of nitrogens with one attached hydrogen (secondary N) is 2. The van der Waals surface area contributed by atoms with E-state index in [0.29, 0.717) is 13.2 Å². The molecule has 0 aliphatic heterocycles. The molecule has 0 saturated heterocycles. The summed E-state index contributed by atoms with van der Waals surface area (Å²) in [4.78, 5) is 9.51. The van der Waals surface area contributed by atoms with E-state index in [-0.39, 0.29) is 0 Å². The van der Waals surface area contributed by atoms with Gasteiger partial charge in [-0.25, -0.2) is 0 Å². The van der Waals surface area contributed by atoms with Crippen molar-refractivity contribution in [3.8, 4) is 0 Å². The number of hydrogen-bond donors (Lipinski definition) is 2. The van der Waals surface area contributed by atoms with Crippen LogP contribution >= 0.6 is 8.25 Å². The molecule has 0 radical (unpaired) electrons. The monoisotopic (exact) mass is 826 g/mol. The molecular formula is C52H67N4O3P. The third-order valence-electron chi connectivity index (χ3n) is 11.5.